The molecule has 132 valence electrons. The normalized spacial score (nSPS) is 27.9. The number of aromatic amines is 1. The van der Waals surface area contributed by atoms with Gasteiger partial charge in [-0.3, -0.25) is 4.57 Å². The van der Waals surface area contributed by atoms with Gasteiger partial charge in [-0.2, -0.15) is 0 Å². The molecule has 0 saturated carbocycles. The number of aliphatic hydroxyl groups excluding tert-OH is 2. The Morgan fingerprint density at radius 1 is 1.42 bits per heavy atom. The zero-order valence-electron chi connectivity index (χ0n) is 14.0. The molecule has 0 radical (unpaired) electrons. The third kappa shape index (κ3) is 3.34. The van der Waals surface area contributed by atoms with E-state index in [2.05, 4.69) is 34.6 Å². The van der Waals surface area contributed by atoms with Crippen LogP contribution in [0.15, 0.2) is 6.33 Å². The van der Waals surface area contributed by atoms with Crippen molar-refractivity contribution in [1.29, 1.82) is 0 Å². The molecule has 3 rings (SSSR count). The van der Waals surface area contributed by atoms with Gasteiger partial charge in [0.1, 0.15) is 28.2 Å². The lowest BCUT2D eigenvalue weighted by atomic mass is 10.1. The Kier molecular flexibility index (Phi) is 4.70. The number of nitrogens with zero attached hydrogens (tertiary/aromatic N) is 3. The summed E-state index contributed by atoms with van der Waals surface area (Å²) >= 11 is 5.26. The van der Waals surface area contributed by atoms with Crippen molar-refractivity contribution in [2.24, 2.45) is 0 Å². The van der Waals surface area contributed by atoms with E-state index in [1.807, 2.05) is 0 Å². The van der Waals surface area contributed by atoms with Crippen LogP contribution in [0.5, 0.6) is 0 Å². The molecule has 1 aliphatic rings. The number of aryl methyl sites for hydroxylation is 1. The molecular weight excluding hydrogens is 347 g/mol. The van der Waals surface area contributed by atoms with Crippen LogP contribution >= 0.6 is 19.1 Å². The predicted octanol–water partition coefficient (Wildman–Crippen LogP) is 1.52. The Hall–Kier alpha value is -1.05. The lowest BCUT2D eigenvalue weighted by Crippen LogP contribution is -2.31. The van der Waals surface area contributed by atoms with E-state index in [9.17, 15) is 10.2 Å². The molecule has 24 heavy (non-hydrogen) atoms. The van der Waals surface area contributed by atoms with Crippen molar-refractivity contribution in [2.75, 3.05) is 19.5 Å². The summed E-state index contributed by atoms with van der Waals surface area (Å²) in [6.45, 7) is 4.86. The highest BCUT2D eigenvalue weighted by Gasteiger charge is 2.44. The molecule has 0 aliphatic carbocycles. The first-order chi connectivity index (χ1) is 11.2. The minimum atomic E-state index is -1.22. The molecule has 2 aromatic heterocycles. The van der Waals surface area contributed by atoms with Gasteiger partial charge in [-0.25, -0.2) is 9.97 Å². The number of hydrogen-bond donors (Lipinski definition) is 3. The van der Waals surface area contributed by atoms with Gasteiger partial charge in [-0.05, 0) is 32.8 Å². The third-order valence-corrected chi connectivity index (χ3v) is 5.95. The van der Waals surface area contributed by atoms with Gasteiger partial charge < -0.3 is 19.9 Å². The lowest BCUT2D eigenvalue weighted by Gasteiger charge is -2.18. The van der Waals surface area contributed by atoms with Gasteiger partial charge >= 0.3 is 0 Å². The van der Waals surface area contributed by atoms with E-state index in [-0.39, 0.29) is 0 Å². The number of H-pyrrole nitrogens is 1. The van der Waals surface area contributed by atoms with Gasteiger partial charge in [-0.15, -0.1) is 13.2 Å². The van der Waals surface area contributed by atoms with Crippen molar-refractivity contribution in [3.8, 4) is 0 Å². The van der Waals surface area contributed by atoms with Crippen LogP contribution in [0.2, 0.25) is 0 Å². The summed E-state index contributed by atoms with van der Waals surface area (Å²) in [5.41, 5.74) is 1.09. The smallest absolute Gasteiger partial charge is 0.167 e. The van der Waals surface area contributed by atoms with E-state index < -0.39 is 31.4 Å². The number of nitrogens with one attached hydrogen (secondary N) is 1. The molecule has 3 N–H and O–H groups in total. The molecule has 7 nitrogen and oxygen atoms in total. The highest BCUT2D eigenvalue weighted by atomic mass is 32.1. The molecule has 3 heterocycles. The van der Waals surface area contributed by atoms with Gasteiger partial charge in [0.2, 0.25) is 0 Å². The molecule has 4 atom stereocenters. The van der Waals surface area contributed by atoms with Gasteiger partial charge in [-0.1, -0.05) is 12.2 Å². The maximum absolute atomic E-state index is 10.4. The van der Waals surface area contributed by atoms with E-state index in [0.29, 0.717) is 28.0 Å². The molecule has 0 amide bonds. The van der Waals surface area contributed by atoms with Crippen LogP contribution in [0.3, 0.4) is 0 Å². The first-order valence-corrected chi connectivity index (χ1v) is 11.3. The van der Waals surface area contributed by atoms with Gasteiger partial charge in [0.15, 0.2) is 11.9 Å². The molecule has 0 aromatic carbocycles. The topological polar surface area (TPSA) is 96.2 Å². The molecular formula is C15H23N4O3PS. The fraction of sp³-hybridized carbons (Fsp3) is 0.600. The zero-order valence-corrected chi connectivity index (χ0v) is 15.7. The highest BCUT2D eigenvalue weighted by molar-refractivity contribution is 7.72. The van der Waals surface area contributed by atoms with Crippen LogP contribution in [0, 0.1) is 11.6 Å². The molecule has 1 saturated heterocycles. The number of aromatic nitrogens is 4. The number of hydrogen-bond acceptors (Lipinski definition) is 6. The van der Waals surface area contributed by atoms with Crippen LogP contribution in [0.4, 0.5) is 0 Å². The number of imidazole rings is 1. The lowest BCUT2D eigenvalue weighted by molar-refractivity contribution is -0.0353. The van der Waals surface area contributed by atoms with Crippen molar-refractivity contribution in [1.82, 2.24) is 19.5 Å². The molecule has 0 bridgehead atoms. The SMILES string of the molecule is C=P(C)(C)CC[C@H]1OC(n2cnc3c(=S)[nH]c(C)nc32)[C@H](O)[C@@H]1O. The molecule has 1 aliphatic heterocycles. The standard InChI is InChI=1S/C15H23N4O3PS/c1-8-17-13-10(14(24)18-8)16-7-19(13)15-12(21)11(20)9(22-15)5-6-23(2,3)4/h7,9,11-12,15,20-21H,2,5-6H2,1,3-4H3,(H,17,18,24)/t9-,11-,12-,15?/m1/s1. The fourth-order valence-corrected chi connectivity index (χ4v) is 4.14. The average Bonchev–Trinajstić information content (AvgIpc) is 3.00. The van der Waals surface area contributed by atoms with Crippen molar-refractivity contribution >= 4 is 36.6 Å². The van der Waals surface area contributed by atoms with Crippen LogP contribution in [0.1, 0.15) is 18.5 Å². The Morgan fingerprint density at radius 2 is 2.12 bits per heavy atom. The summed E-state index contributed by atoms with van der Waals surface area (Å²) in [7, 11) is 0. The minimum absolute atomic E-state index is 0.428. The molecule has 1 unspecified atom stereocenters. The Labute approximate surface area is 145 Å². The van der Waals surface area contributed by atoms with E-state index in [0.717, 1.165) is 6.16 Å². The number of rotatable bonds is 4. The third-order valence-electron chi connectivity index (χ3n) is 4.18. The van der Waals surface area contributed by atoms with Crippen molar-refractivity contribution in [2.45, 2.75) is 37.9 Å². The second kappa shape index (κ2) is 6.35. The molecule has 2 aromatic rings. The number of fused-ring (bicyclic) bond motifs is 1. The van der Waals surface area contributed by atoms with E-state index in [4.69, 9.17) is 17.0 Å². The molecule has 0 spiro atoms. The Bertz CT molecular complexity index is 858. The summed E-state index contributed by atoms with van der Waals surface area (Å²) in [4.78, 5) is 11.6. The number of ether oxygens (including phenoxy) is 1. The van der Waals surface area contributed by atoms with E-state index >= 15 is 0 Å². The van der Waals surface area contributed by atoms with Crippen LogP contribution in [0.25, 0.3) is 11.2 Å². The summed E-state index contributed by atoms with van der Waals surface area (Å²) < 4.78 is 8.08. The summed E-state index contributed by atoms with van der Waals surface area (Å²) in [5, 5.41) is 20.8. The first-order valence-electron chi connectivity index (χ1n) is 7.80. The summed E-state index contributed by atoms with van der Waals surface area (Å²) in [5.74, 6) is 0.655. The molecule has 1 fully saturated rings. The first kappa shape index (κ1) is 17.8. The Morgan fingerprint density at radius 3 is 2.79 bits per heavy atom. The minimum Gasteiger partial charge on any atom is -0.388 e. The zero-order chi connectivity index (χ0) is 17.6. The monoisotopic (exact) mass is 370 g/mol. The molecule has 9 heteroatoms. The average molecular weight is 370 g/mol. The summed E-state index contributed by atoms with van der Waals surface area (Å²) in [6, 6.07) is 0. The maximum atomic E-state index is 10.4. The largest absolute Gasteiger partial charge is 0.388 e. The maximum Gasteiger partial charge on any atom is 0.167 e. The van der Waals surface area contributed by atoms with E-state index in [1.54, 1.807) is 17.8 Å². The van der Waals surface area contributed by atoms with Crippen LogP contribution < -0.4 is 0 Å². The van der Waals surface area contributed by atoms with Crippen molar-refractivity contribution < 1.29 is 14.9 Å². The summed E-state index contributed by atoms with van der Waals surface area (Å²) in [6.07, 6.45) is 4.13. The van der Waals surface area contributed by atoms with Gasteiger partial charge in [0.05, 0.1) is 12.4 Å². The fourth-order valence-electron chi connectivity index (χ4n) is 2.90. The van der Waals surface area contributed by atoms with Crippen molar-refractivity contribution in [3.63, 3.8) is 0 Å². The quantitative estimate of drug-likeness (QED) is 0.558. The Balaban J connectivity index is 1.90. The van der Waals surface area contributed by atoms with Crippen molar-refractivity contribution in [3.05, 3.63) is 16.8 Å². The van der Waals surface area contributed by atoms with Gasteiger partial charge in [0, 0.05) is 0 Å². The van der Waals surface area contributed by atoms with Gasteiger partial charge in [0.25, 0.3) is 0 Å². The predicted molar refractivity (Wildman–Crippen MR) is 98.7 cm³/mol. The second-order valence-corrected chi connectivity index (χ2v) is 11.7. The van der Waals surface area contributed by atoms with Crippen LogP contribution in [-0.2, 0) is 4.74 Å². The van der Waals surface area contributed by atoms with Crippen LogP contribution in [-0.4, -0.2) is 73.8 Å². The highest BCUT2D eigenvalue weighted by Crippen LogP contribution is 2.39. The second-order valence-electron chi connectivity index (χ2n) is 6.97. The number of aliphatic hydroxyl groups is 2. The van der Waals surface area contributed by atoms with E-state index in [1.165, 1.54) is 0 Å².